The second kappa shape index (κ2) is 16.2. The first-order valence-electron chi connectivity index (χ1n) is 20.3. The summed E-state index contributed by atoms with van der Waals surface area (Å²) in [5.41, 5.74) is 2.67. The number of aliphatic hydroxyl groups is 1. The van der Waals surface area contributed by atoms with Crippen molar-refractivity contribution in [1.29, 1.82) is 0 Å². The number of rotatable bonds is 10. The third-order valence-corrected chi connectivity index (χ3v) is 13.1. The van der Waals surface area contributed by atoms with E-state index in [1.54, 1.807) is 55.5 Å². The van der Waals surface area contributed by atoms with E-state index in [9.17, 15) is 33.9 Å². The molecule has 308 valence electrons. The Balaban J connectivity index is 0.823. The lowest BCUT2D eigenvalue weighted by Gasteiger charge is -2.37. The first-order valence-corrected chi connectivity index (χ1v) is 21.1. The highest BCUT2D eigenvalue weighted by atomic mass is 32.1. The van der Waals surface area contributed by atoms with Gasteiger partial charge in [-0.2, -0.15) is 0 Å². The molecular weight excluding hydrogens is 773 g/mol. The molecule has 4 aliphatic rings. The topological polar surface area (TPSA) is 194 Å². The van der Waals surface area contributed by atoms with Crippen LogP contribution in [0.15, 0.2) is 48.5 Å². The maximum Gasteiger partial charge on any atom is 0.274 e. The predicted octanol–water partition coefficient (Wildman–Crippen LogP) is 4.41. The number of carbonyl (C=O) groups excluding carboxylic acids is 6. The largest absolute Gasteiger partial charge is 0.386 e. The van der Waals surface area contributed by atoms with Gasteiger partial charge >= 0.3 is 0 Å². The number of anilines is 2. The molecule has 2 aromatic carbocycles. The number of piperazine rings is 1. The van der Waals surface area contributed by atoms with Gasteiger partial charge in [0.25, 0.3) is 17.7 Å². The molecule has 59 heavy (non-hydrogen) atoms. The highest BCUT2D eigenvalue weighted by Gasteiger charge is 2.45. The Bertz CT molecular complexity index is 2360. The van der Waals surface area contributed by atoms with Crippen LogP contribution in [-0.2, 0) is 20.0 Å². The van der Waals surface area contributed by atoms with Crippen LogP contribution < -0.4 is 16.0 Å². The van der Waals surface area contributed by atoms with Gasteiger partial charge < -0.3 is 20.6 Å². The van der Waals surface area contributed by atoms with Crippen molar-refractivity contribution in [3.8, 4) is 0 Å². The van der Waals surface area contributed by atoms with Crippen LogP contribution in [0.5, 0.6) is 0 Å². The SMILES string of the molecule is Cc1cccc(C(=O)Nc2cc3sc(C4CCC(C(=O)N5CCN(CCNc6cccc7c6C(=O)N(C6CCC(=O)NC6=O)C7=O)CC5)CC4)nc3cc2C(C)(C)O)n1. The smallest absolute Gasteiger partial charge is 0.274 e. The normalized spacial score (nSPS) is 21.5. The Hall–Kier alpha value is -5.58. The number of carbonyl (C=O) groups is 6. The van der Waals surface area contributed by atoms with E-state index in [2.05, 4.69) is 25.8 Å². The lowest BCUT2D eigenvalue weighted by atomic mass is 9.81. The fourth-order valence-electron chi connectivity index (χ4n) is 8.68. The maximum atomic E-state index is 13.7. The van der Waals surface area contributed by atoms with E-state index in [1.165, 1.54) is 0 Å². The summed E-state index contributed by atoms with van der Waals surface area (Å²) in [6.45, 7) is 9.09. The van der Waals surface area contributed by atoms with Gasteiger partial charge in [0, 0.05) is 80.2 Å². The van der Waals surface area contributed by atoms with Gasteiger partial charge in [0.15, 0.2) is 0 Å². The Labute approximate surface area is 345 Å². The highest BCUT2D eigenvalue weighted by Crippen LogP contribution is 2.42. The zero-order valence-corrected chi connectivity index (χ0v) is 34.2. The third kappa shape index (κ3) is 8.21. The molecule has 1 aliphatic carbocycles. The number of hydrogen-bond donors (Lipinski definition) is 4. The fourth-order valence-corrected chi connectivity index (χ4v) is 9.84. The number of benzene rings is 2. The van der Waals surface area contributed by atoms with Crippen LogP contribution in [0.4, 0.5) is 11.4 Å². The van der Waals surface area contributed by atoms with Crippen LogP contribution in [0.2, 0.25) is 0 Å². The van der Waals surface area contributed by atoms with E-state index in [-0.39, 0.29) is 47.6 Å². The van der Waals surface area contributed by atoms with Gasteiger partial charge in [0.05, 0.1) is 32.0 Å². The summed E-state index contributed by atoms with van der Waals surface area (Å²) in [5, 5.41) is 20.5. The molecule has 5 heterocycles. The van der Waals surface area contributed by atoms with E-state index in [0.29, 0.717) is 48.8 Å². The molecule has 8 rings (SSSR count). The Kier molecular flexibility index (Phi) is 11.1. The second-order valence-electron chi connectivity index (χ2n) is 16.4. The quantitative estimate of drug-likeness (QED) is 0.166. The van der Waals surface area contributed by atoms with Gasteiger partial charge in [-0.1, -0.05) is 12.1 Å². The summed E-state index contributed by atoms with van der Waals surface area (Å²) >= 11 is 1.59. The molecule has 1 atom stereocenters. The number of piperidine rings is 1. The first-order chi connectivity index (χ1) is 28.2. The monoisotopic (exact) mass is 820 g/mol. The van der Waals surface area contributed by atoms with Crippen LogP contribution in [0.25, 0.3) is 10.2 Å². The molecule has 4 N–H and O–H groups in total. The summed E-state index contributed by atoms with van der Waals surface area (Å²) in [5.74, 6) is -2.10. The van der Waals surface area contributed by atoms with E-state index in [1.807, 2.05) is 30.0 Å². The Morgan fingerprint density at radius 3 is 2.37 bits per heavy atom. The molecule has 0 bridgehead atoms. The van der Waals surface area contributed by atoms with Gasteiger partial charge in [-0.05, 0) is 89.3 Å². The average molecular weight is 821 g/mol. The number of fused-ring (bicyclic) bond motifs is 2. The van der Waals surface area contributed by atoms with Gasteiger partial charge in [-0.25, -0.2) is 9.97 Å². The summed E-state index contributed by atoms with van der Waals surface area (Å²) < 4.78 is 0.916. The third-order valence-electron chi connectivity index (χ3n) is 11.9. The standard InChI is InChI=1S/C43H48N8O7S/c1-24-6-4-9-30(45-24)37(53)46-31-23-34-32(22-28(31)43(2,3)58)47-39(59-34)25-10-12-26(13-11-25)40(55)50-20-18-49(19-21-50)17-16-44-29-8-5-7-27-36(29)42(57)51(41(27)56)33-14-15-35(52)48-38(33)54/h4-9,22-23,25-26,33,44,58H,10-21H2,1-3H3,(H,46,53)(H,48,52,54). The van der Waals surface area contributed by atoms with Crippen LogP contribution in [0, 0.1) is 12.8 Å². The molecule has 3 aliphatic heterocycles. The molecule has 2 aromatic heterocycles. The van der Waals surface area contributed by atoms with Crippen molar-refractivity contribution in [3.05, 3.63) is 81.6 Å². The summed E-state index contributed by atoms with van der Waals surface area (Å²) in [7, 11) is 0. The minimum atomic E-state index is -1.22. The number of nitrogens with zero attached hydrogens (tertiary/aromatic N) is 5. The molecule has 1 saturated carbocycles. The minimum absolute atomic E-state index is 0.0344. The van der Waals surface area contributed by atoms with E-state index in [4.69, 9.17) is 4.98 Å². The number of pyridine rings is 1. The van der Waals surface area contributed by atoms with Gasteiger partial charge in [0.2, 0.25) is 17.7 Å². The molecule has 0 radical (unpaired) electrons. The number of imide groups is 2. The van der Waals surface area contributed by atoms with Crippen molar-refractivity contribution >= 4 is 68.4 Å². The fraction of sp³-hybridized carbons (Fsp3) is 0.442. The zero-order chi connectivity index (χ0) is 41.6. The maximum absolute atomic E-state index is 13.7. The summed E-state index contributed by atoms with van der Waals surface area (Å²) in [6, 6.07) is 13.0. The van der Waals surface area contributed by atoms with Crippen molar-refractivity contribution in [2.75, 3.05) is 49.9 Å². The zero-order valence-electron chi connectivity index (χ0n) is 33.4. The molecule has 15 nitrogen and oxygen atoms in total. The van der Waals surface area contributed by atoms with Crippen molar-refractivity contribution in [3.63, 3.8) is 0 Å². The Morgan fingerprint density at radius 1 is 0.915 bits per heavy atom. The van der Waals surface area contributed by atoms with Gasteiger partial charge in [0.1, 0.15) is 11.7 Å². The number of thiazole rings is 1. The van der Waals surface area contributed by atoms with Crippen LogP contribution in [-0.4, -0.2) is 111 Å². The molecule has 1 unspecified atom stereocenters. The Morgan fingerprint density at radius 2 is 1.66 bits per heavy atom. The molecule has 4 aromatic rings. The van der Waals surface area contributed by atoms with Gasteiger partial charge in [-0.3, -0.25) is 43.9 Å². The number of aryl methyl sites for hydroxylation is 1. The molecular formula is C43H48N8O7S. The van der Waals surface area contributed by atoms with Crippen molar-refractivity contribution in [2.24, 2.45) is 5.92 Å². The van der Waals surface area contributed by atoms with Crippen LogP contribution in [0.3, 0.4) is 0 Å². The number of hydrogen-bond acceptors (Lipinski definition) is 12. The molecule has 3 fully saturated rings. The lowest BCUT2D eigenvalue weighted by Crippen LogP contribution is -2.54. The molecule has 2 saturated heterocycles. The van der Waals surface area contributed by atoms with Crippen molar-refractivity contribution in [2.45, 2.75) is 76.9 Å². The number of aromatic nitrogens is 2. The second-order valence-corrected chi connectivity index (χ2v) is 17.5. The van der Waals surface area contributed by atoms with Gasteiger partial charge in [-0.15, -0.1) is 11.3 Å². The summed E-state index contributed by atoms with van der Waals surface area (Å²) in [4.78, 5) is 92.1. The minimum Gasteiger partial charge on any atom is -0.386 e. The molecule has 0 spiro atoms. The number of nitrogens with one attached hydrogen (secondary N) is 3. The van der Waals surface area contributed by atoms with Crippen LogP contribution in [0.1, 0.15) is 106 Å². The first kappa shape index (κ1) is 40.2. The van der Waals surface area contributed by atoms with E-state index in [0.717, 1.165) is 64.6 Å². The number of amides is 6. The van der Waals surface area contributed by atoms with E-state index >= 15 is 0 Å². The van der Waals surface area contributed by atoms with E-state index < -0.39 is 35.3 Å². The van der Waals surface area contributed by atoms with Crippen molar-refractivity contribution < 1.29 is 33.9 Å². The van der Waals surface area contributed by atoms with Crippen molar-refractivity contribution in [1.82, 2.24) is 30.0 Å². The molecule has 16 heteroatoms. The predicted molar refractivity (Wildman–Crippen MR) is 221 cm³/mol. The lowest BCUT2D eigenvalue weighted by molar-refractivity contribution is -0.138. The average Bonchev–Trinajstić information content (AvgIpc) is 3.75. The highest BCUT2D eigenvalue weighted by molar-refractivity contribution is 7.18. The van der Waals surface area contributed by atoms with Crippen LogP contribution >= 0.6 is 11.3 Å². The summed E-state index contributed by atoms with van der Waals surface area (Å²) in [6.07, 6.45) is 3.44. The molecule has 6 amide bonds.